The van der Waals surface area contributed by atoms with Gasteiger partial charge in [-0.2, -0.15) is 0 Å². The lowest BCUT2D eigenvalue weighted by Crippen LogP contribution is -2.40. The van der Waals surface area contributed by atoms with Crippen molar-refractivity contribution in [3.05, 3.63) is 47.5 Å². The van der Waals surface area contributed by atoms with Gasteiger partial charge in [0.05, 0.1) is 29.5 Å². The summed E-state index contributed by atoms with van der Waals surface area (Å²) >= 11 is 1.62. The van der Waals surface area contributed by atoms with Crippen molar-refractivity contribution in [2.75, 3.05) is 6.54 Å². The Hall–Kier alpha value is -1.75. The number of H-pyrrole nitrogens is 1. The number of amides is 1. The average Bonchev–Trinajstić information content (AvgIpc) is 2.96. The van der Waals surface area contributed by atoms with Crippen molar-refractivity contribution in [2.24, 2.45) is 0 Å². The highest BCUT2D eigenvalue weighted by atomic mass is 32.2. The van der Waals surface area contributed by atoms with Crippen LogP contribution in [0.25, 0.3) is 0 Å². The van der Waals surface area contributed by atoms with Gasteiger partial charge in [-0.3, -0.25) is 4.79 Å². The van der Waals surface area contributed by atoms with E-state index in [1.807, 2.05) is 11.8 Å². The van der Waals surface area contributed by atoms with Crippen molar-refractivity contribution < 1.29 is 4.79 Å². The van der Waals surface area contributed by atoms with Gasteiger partial charge in [0.2, 0.25) is 5.91 Å². The van der Waals surface area contributed by atoms with Gasteiger partial charge in [-0.15, -0.1) is 11.8 Å². The van der Waals surface area contributed by atoms with Crippen molar-refractivity contribution in [1.29, 1.82) is 0 Å². The van der Waals surface area contributed by atoms with Gasteiger partial charge in [0, 0.05) is 17.9 Å². The van der Waals surface area contributed by atoms with Gasteiger partial charge in [0.1, 0.15) is 0 Å². The molecule has 2 aromatic rings. The molecule has 1 amide bonds. The molecule has 5 heteroatoms. The van der Waals surface area contributed by atoms with E-state index in [-0.39, 0.29) is 11.2 Å². The van der Waals surface area contributed by atoms with Crippen molar-refractivity contribution in [3.8, 4) is 0 Å². The van der Waals surface area contributed by atoms with Crippen LogP contribution in [0.3, 0.4) is 0 Å². The zero-order chi connectivity index (χ0) is 14.8. The highest BCUT2D eigenvalue weighted by Gasteiger charge is 2.26. The molecule has 1 aliphatic rings. The molecular weight excluding hydrogens is 282 g/mol. The summed E-state index contributed by atoms with van der Waals surface area (Å²) in [5.74, 6) is 0.195. The van der Waals surface area contributed by atoms with Gasteiger partial charge in [-0.05, 0) is 26.0 Å². The molecule has 0 saturated carbocycles. The number of hydrogen-bond donors (Lipinski definition) is 1. The first-order valence-electron chi connectivity index (χ1n) is 7.16. The quantitative estimate of drug-likeness (QED) is 0.887. The summed E-state index contributed by atoms with van der Waals surface area (Å²) in [5, 5.41) is -0.0721. The Kier molecular flexibility index (Phi) is 4.01. The molecule has 2 heterocycles. The van der Waals surface area contributed by atoms with Gasteiger partial charge < -0.3 is 9.88 Å². The monoisotopic (exact) mass is 301 g/mol. The number of carbonyl (C=O) groups is 1. The molecule has 4 nitrogen and oxygen atoms in total. The minimum absolute atomic E-state index is 0.0721. The Balaban J connectivity index is 1.64. The second-order valence-corrected chi connectivity index (χ2v) is 6.82. The van der Waals surface area contributed by atoms with E-state index in [9.17, 15) is 4.79 Å². The Labute approximate surface area is 129 Å². The van der Waals surface area contributed by atoms with Crippen LogP contribution in [0.1, 0.15) is 23.9 Å². The molecule has 1 aromatic carbocycles. The number of thioether (sulfide) groups is 1. The lowest BCUT2D eigenvalue weighted by atomic mass is 10.1. The normalized spacial score (nSPS) is 15.6. The molecule has 1 unspecified atom stereocenters. The summed E-state index contributed by atoms with van der Waals surface area (Å²) in [6, 6.07) is 8.31. The van der Waals surface area contributed by atoms with Gasteiger partial charge in [-0.25, -0.2) is 4.98 Å². The van der Waals surface area contributed by atoms with Crippen LogP contribution in [-0.2, 0) is 17.8 Å². The van der Waals surface area contributed by atoms with E-state index in [0.29, 0.717) is 6.54 Å². The van der Waals surface area contributed by atoms with Gasteiger partial charge >= 0.3 is 0 Å². The molecule has 1 aliphatic heterocycles. The van der Waals surface area contributed by atoms with Crippen LogP contribution >= 0.6 is 11.8 Å². The minimum atomic E-state index is -0.0721. The van der Waals surface area contributed by atoms with Crippen LogP contribution in [0.2, 0.25) is 0 Å². The number of nitrogens with zero attached hydrogens (tertiary/aromatic N) is 2. The van der Waals surface area contributed by atoms with Crippen LogP contribution < -0.4 is 0 Å². The Morgan fingerprint density at radius 2 is 2.14 bits per heavy atom. The molecule has 0 aliphatic carbocycles. The zero-order valence-corrected chi connectivity index (χ0v) is 13.1. The molecule has 0 spiro atoms. The number of hydrogen-bond acceptors (Lipinski definition) is 3. The number of rotatable bonds is 3. The van der Waals surface area contributed by atoms with Crippen LogP contribution in [-0.4, -0.2) is 32.6 Å². The predicted octanol–water partition coefficient (Wildman–Crippen LogP) is 2.78. The summed E-state index contributed by atoms with van der Waals surface area (Å²) < 4.78 is 0. The first kappa shape index (κ1) is 14.2. The lowest BCUT2D eigenvalue weighted by molar-refractivity contribution is -0.131. The second kappa shape index (κ2) is 5.93. The summed E-state index contributed by atoms with van der Waals surface area (Å²) in [6.07, 6.45) is 2.55. The summed E-state index contributed by atoms with van der Waals surface area (Å²) in [4.78, 5) is 23.0. The van der Waals surface area contributed by atoms with E-state index >= 15 is 0 Å². The van der Waals surface area contributed by atoms with E-state index in [1.165, 1.54) is 5.56 Å². The summed E-state index contributed by atoms with van der Waals surface area (Å²) in [5.41, 5.74) is 3.40. The number of imidazole rings is 1. The van der Waals surface area contributed by atoms with Crippen molar-refractivity contribution >= 4 is 17.7 Å². The summed E-state index contributed by atoms with van der Waals surface area (Å²) in [6.45, 7) is 5.45. The maximum absolute atomic E-state index is 12.6. The van der Waals surface area contributed by atoms with Crippen LogP contribution in [0.5, 0.6) is 0 Å². The average molecular weight is 301 g/mol. The van der Waals surface area contributed by atoms with E-state index in [1.54, 1.807) is 18.1 Å². The maximum Gasteiger partial charge on any atom is 0.236 e. The third-order valence-electron chi connectivity index (χ3n) is 3.77. The third-order valence-corrected chi connectivity index (χ3v) is 4.87. The molecule has 1 atom stereocenters. The number of aromatic nitrogens is 2. The van der Waals surface area contributed by atoms with Gasteiger partial charge in [0.25, 0.3) is 0 Å². The topological polar surface area (TPSA) is 49.0 Å². The minimum Gasteiger partial charge on any atom is -0.347 e. The molecule has 110 valence electrons. The lowest BCUT2D eigenvalue weighted by Gasteiger charge is -2.28. The molecule has 1 N–H and O–H groups in total. The number of carbonyl (C=O) groups excluding carboxylic acids is 1. The van der Waals surface area contributed by atoms with E-state index in [0.717, 1.165) is 29.2 Å². The second-order valence-electron chi connectivity index (χ2n) is 5.41. The van der Waals surface area contributed by atoms with E-state index < -0.39 is 0 Å². The molecule has 0 fully saturated rings. The molecular formula is C16H19N3OS. The maximum atomic E-state index is 12.6. The predicted molar refractivity (Wildman–Crippen MR) is 84.2 cm³/mol. The number of aryl methyl sites for hydroxylation is 1. The smallest absolute Gasteiger partial charge is 0.236 e. The zero-order valence-electron chi connectivity index (χ0n) is 12.3. The molecule has 0 radical (unpaired) electrons. The first-order chi connectivity index (χ1) is 10.1. The molecule has 3 rings (SSSR count). The van der Waals surface area contributed by atoms with Crippen LogP contribution in [0.15, 0.2) is 35.5 Å². The van der Waals surface area contributed by atoms with E-state index in [4.69, 9.17) is 0 Å². The largest absolute Gasteiger partial charge is 0.347 e. The molecule has 0 bridgehead atoms. The number of aromatic amines is 1. The Morgan fingerprint density at radius 1 is 1.38 bits per heavy atom. The number of nitrogens with one attached hydrogen (secondary N) is 1. The number of fused-ring (bicyclic) bond motifs is 1. The fraction of sp³-hybridized carbons (Fsp3) is 0.375. The molecule has 1 aromatic heterocycles. The molecule has 21 heavy (non-hydrogen) atoms. The fourth-order valence-corrected chi connectivity index (χ4v) is 3.48. The standard InChI is InChI=1S/C16H19N3OS/c1-11-3-5-13(6-4-11)21-12(2)16(20)19-8-7-14-15(9-19)18-10-17-14/h3-6,10,12H,7-9H2,1-2H3,(H,17,18). The van der Waals surface area contributed by atoms with E-state index in [2.05, 4.69) is 41.2 Å². The SMILES string of the molecule is Cc1ccc(SC(C)C(=O)N2CCc3nc[nH]c3C2)cc1. The van der Waals surface area contributed by atoms with Crippen molar-refractivity contribution in [3.63, 3.8) is 0 Å². The highest BCUT2D eigenvalue weighted by molar-refractivity contribution is 8.00. The first-order valence-corrected chi connectivity index (χ1v) is 8.04. The Morgan fingerprint density at radius 3 is 2.90 bits per heavy atom. The van der Waals surface area contributed by atoms with Crippen molar-refractivity contribution in [1.82, 2.24) is 14.9 Å². The highest BCUT2D eigenvalue weighted by Crippen LogP contribution is 2.26. The molecule has 0 saturated heterocycles. The number of benzene rings is 1. The Bertz CT molecular complexity index is 635. The van der Waals surface area contributed by atoms with Crippen molar-refractivity contribution in [2.45, 2.75) is 37.0 Å². The van der Waals surface area contributed by atoms with Gasteiger partial charge in [-0.1, -0.05) is 17.7 Å². The van der Waals surface area contributed by atoms with Crippen LogP contribution in [0.4, 0.5) is 0 Å². The van der Waals surface area contributed by atoms with Crippen LogP contribution in [0, 0.1) is 6.92 Å². The summed E-state index contributed by atoms with van der Waals surface area (Å²) in [7, 11) is 0. The fourth-order valence-electron chi connectivity index (χ4n) is 2.53. The van der Waals surface area contributed by atoms with Gasteiger partial charge in [0.15, 0.2) is 0 Å². The third kappa shape index (κ3) is 3.13.